The molecule has 0 bridgehead atoms. The summed E-state index contributed by atoms with van der Waals surface area (Å²) in [6.07, 6.45) is 1.87. The molecule has 1 aliphatic carbocycles. The third-order valence-corrected chi connectivity index (χ3v) is 5.45. The highest BCUT2D eigenvalue weighted by Gasteiger charge is 2.28. The number of nitrogens with zero attached hydrogens (tertiary/aromatic N) is 2. The molecule has 0 spiro atoms. The number of para-hydroxylation sites is 1. The van der Waals surface area contributed by atoms with E-state index in [1.54, 1.807) is 16.7 Å². The van der Waals surface area contributed by atoms with Crippen molar-refractivity contribution in [3.63, 3.8) is 0 Å². The van der Waals surface area contributed by atoms with Crippen LogP contribution in [0.25, 0.3) is 10.9 Å². The Morgan fingerprint density at radius 2 is 2.07 bits per heavy atom. The summed E-state index contributed by atoms with van der Waals surface area (Å²) in [7, 11) is 1.37. The fraction of sp³-hybridized carbons (Fsp3) is 0.250. The van der Waals surface area contributed by atoms with E-state index in [-0.39, 0.29) is 34.5 Å². The topological polar surface area (TPSA) is 61.2 Å². The molecule has 1 saturated carbocycles. The molecule has 3 aromatic rings. The van der Waals surface area contributed by atoms with Crippen LogP contribution in [0.3, 0.4) is 0 Å². The van der Waals surface area contributed by atoms with Crippen LogP contribution >= 0.6 is 11.8 Å². The average Bonchev–Trinajstić information content (AvgIpc) is 3.51. The first-order valence-corrected chi connectivity index (χ1v) is 9.58. The number of methoxy groups -OCH3 is 1. The molecule has 1 heterocycles. The first-order valence-electron chi connectivity index (χ1n) is 8.59. The maximum atomic E-state index is 13.8. The van der Waals surface area contributed by atoms with Crippen LogP contribution in [0.2, 0.25) is 0 Å². The second-order valence-electron chi connectivity index (χ2n) is 6.38. The van der Waals surface area contributed by atoms with Crippen molar-refractivity contribution in [2.24, 2.45) is 0 Å². The van der Waals surface area contributed by atoms with Crippen LogP contribution in [0, 0.1) is 5.82 Å². The van der Waals surface area contributed by atoms with Gasteiger partial charge in [-0.15, -0.1) is 0 Å². The molecular formula is C20H17FN2O3S. The molecule has 4 rings (SSSR count). The quantitative estimate of drug-likeness (QED) is 0.367. The molecule has 1 fully saturated rings. The fourth-order valence-electron chi connectivity index (χ4n) is 2.94. The van der Waals surface area contributed by atoms with E-state index in [1.807, 2.05) is 12.1 Å². The Labute approximate surface area is 159 Å². The van der Waals surface area contributed by atoms with E-state index in [1.165, 1.54) is 37.1 Å². The average molecular weight is 384 g/mol. The first-order chi connectivity index (χ1) is 13.1. The zero-order valence-corrected chi connectivity index (χ0v) is 15.5. The van der Waals surface area contributed by atoms with Crippen LogP contribution in [-0.2, 0) is 0 Å². The standard InChI is InChI=1S/C20H17FN2O3S/c1-26-18-9-6-12(10-15(18)21)17(24)11-27-20-22-16-5-3-2-4-14(16)19(25)23(20)13-7-8-13/h2-6,9-10,13H,7-8,11H2,1H3. The minimum absolute atomic E-state index is 0.0727. The number of ketones is 1. The number of halogens is 1. The van der Waals surface area contributed by atoms with Crippen molar-refractivity contribution in [2.45, 2.75) is 24.0 Å². The Kier molecular flexibility index (Phi) is 4.70. The fourth-order valence-corrected chi connectivity index (χ4v) is 3.90. The van der Waals surface area contributed by atoms with Crippen LogP contribution in [0.1, 0.15) is 29.2 Å². The summed E-state index contributed by atoms with van der Waals surface area (Å²) < 4.78 is 20.4. The number of fused-ring (bicyclic) bond motifs is 1. The molecule has 7 heteroatoms. The lowest BCUT2D eigenvalue weighted by Crippen LogP contribution is -2.22. The summed E-state index contributed by atoms with van der Waals surface area (Å²) in [6.45, 7) is 0. The Hall–Kier alpha value is -2.67. The van der Waals surface area contributed by atoms with Crippen molar-refractivity contribution in [2.75, 3.05) is 12.9 Å². The van der Waals surface area contributed by atoms with Gasteiger partial charge in [-0.3, -0.25) is 14.2 Å². The van der Waals surface area contributed by atoms with Crippen molar-refractivity contribution in [1.29, 1.82) is 0 Å². The van der Waals surface area contributed by atoms with Gasteiger partial charge in [0.15, 0.2) is 22.5 Å². The van der Waals surface area contributed by atoms with Crippen LogP contribution < -0.4 is 10.3 Å². The molecule has 1 aromatic heterocycles. The van der Waals surface area contributed by atoms with Crippen molar-refractivity contribution >= 4 is 28.4 Å². The lowest BCUT2D eigenvalue weighted by Gasteiger charge is -2.12. The monoisotopic (exact) mass is 384 g/mol. The van der Waals surface area contributed by atoms with E-state index in [2.05, 4.69) is 4.98 Å². The third-order valence-electron chi connectivity index (χ3n) is 4.49. The first kappa shape index (κ1) is 17.7. The molecule has 0 N–H and O–H groups in total. The molecule has 0 saturated heterocycles. The Bertz CT molecular complexity index is 1090. The van der Waals surface area contributed by atoms with Gasteiger partial charge in [-0.2, -0.15) is 0 Å². The van der Waals surface area contributed by atoms with Gasteiger partial charge >= 0.3 is 0 Å². The largest absolute Gasteiger partial charge is 0.494 e. The highest BCUT2D eigenvalue weighted by molar-refractivity contribution is 7.99. The van der Waals surface area contributed by atoms with Gasteiger partial charge in [-0.25, -0.2) is 9.37 Å². The van der Waals surface area contributed by atoms with Gasteiger partial charge < -0.3 is 4.74 Å². The number of rotatable bonds is 6. The number of hydrogen-bond acceptors (Lipinski definition) is 5. The van der Waals surface area contributed by atoms with E-state index in [0.29, 0.717) is 16.1 Å². The van der Waals surface area contributed by atoms with E-state index in [0.717, 1.165) is 12.8 Å². The normalized spacial score (nSPS) is 13.7. The van der Waals surface area contributed by atoms with Crippen LogP contribution in [0.4, 0.5) is 4.39 Å². The molecule has 1 aliphatic rings. The summed E-state index contributed by atoms with van der Waals surface area (Å²) in [4.78, 5) is 29.9. The number of carbonyl (C=O) groups is 1. The zero-order valence-electron chi connectivity index (χ0n) is 14.6. The molecule has 2 aromatic carbocycles. The number of Topliss-reactive ketones (excluding diaryl/α,β-unsaturated/α-hetero) is 1. The van der Waals surface area contributed by atoms with E-state index >= 15 is 0 Å². The summed E-state index contributed by atoms with van der Waals surface area (Å²) in [5.41, 5.74) is 0.806. The van der Waals surface area contributed by atoms with E-state index < -0.39 is 5.82 Å². The van der Waals surface area contributed by atoms with Gasteiger partial charge in [0.25, 0.3) is 5.56 Å². The SMILES string of the molecule is COc1ccc(C(=O)CSc2nc3ccccc3c(=O)n2C2CC2)cc1F. The molecule has 27 heavy (non-hydrogen) atoms. The van der Waals surface area contributed by atoms with Crippen molar-refractivity contribution in [3.8, 4) is 5.75 Å². The molecule has 0 radical (unpaired) electrons. The van der Waals surface area contributed by atoms with Crippen molar-refractivity contribution < 1.29 is 13.9 Å². The Morgan fingerprint density at radius 1 is 1.30 bits per heavy atom. The highest BCUT2D eigenvalue weighted by Crippen LogP contribution is 2.37. The van der Waals surface area contributed by atoms with Gasteiger partial charge in [0, 0.05) is 11.6 Å². The lowest BCUT2D eigenvalue weighted by molar-refractivity contribution is 0.102. The van der Waals surface area contributed by atoms with Crippen molar-refractivity contribution in [3.05, 3.63) is 64.2 Å². The highest BCUT2D eigenvalue weighted by atomic mass is 32.2. The zero-order chi connectivity index (χ0) is 19.0. The predicted molar refractivity (Wildman–Crippen MR) is 102 cm³/mol. The smallest absolute Gasteiger partial charge is 0.262 e. The van der Waals surface area contributed by atoms with E-state index in [4.69, 9.17) is 4.74 Å². The lowest BCUT2D eigenvalue weighted by atomic mass is 10.1. The Balaban J connectivity index is 1.62. The second kappa shape index (κ2) is 7.15. The maximum absolute atomic E-state index is 13.8. The molecule has 0 aliphatic heterocycles. The number of carbonyl (C=O) groups excluding carboxylic acids is 1. The number of hydrogen-bond donors (Lipinski definition) is 0. The second-order valence-corrected chi connectivity index (χ2v) is 7.32. The maximum Gasteiger partial charge on any atom is 0.262 e. The van der Waals surface area contributed by atoms with Crippen LogP contribution in [-0.4, -0.2) is 28.2 Å². The molecule has 5 nitrogen and oxygen atoms in total. The van der Waals surface area contributed by atoms with Gasteiger partial charge in [0.05, 0.1) is 23.8 Å². The number of thioether (sulfide) groups is 1. The van der Waals surface area contributed by atoms with E-state index in [9.17, 15) is 14.0 Å². The number of benzene rings is 2. The Morgan fingerprint density at radius 3 is 2.78 bits per heavy atom. The molecule has 0 amide bonds. The van der Waals surface area contributed by atoms with Gasteiger partial charge in [0.2, 0.25) is 0 Å². The molecule has 0 atom stereocenters. The molecule has 0 unspecified atom stereocenters. The summed E-state index contributed by atoms with van der Waals surface area (Å²) in [5, 5.41) is 1.11. The minimum atomic E-state index is -0.577. The summed E-state index contributed by atoms with van der Waals surface area (Å²) in [5.74, 6) is -0.639. The summed E-state index contributed by atoms with van der Waals surface area (Å²) >= 11 is 1.21. The number of ether oxygens (including phenoxy) is 1. The van der Waals surface area contributed by atoms with Crippen LogP contribution in [0.5, 0.6) is 5.75 Å². The number of aromatic nitrogens is 2. The third kappa shape index (κ3) is 3.47. The van der Waals surface area contributed by atoms with Gasteiger partial charge in [0.1, 0.15) is 0 Å². The van der Waals surface area contributed by atoms with Gasteiger partial charge in [-0.05, 0) is 43.2 Å². The minimum Gasteiger partial charge on any atom is -0.494 e. The summed E-state index contributed by atoms with van der Waals surface area (Å²) in [6, 6.07) is 11.5. The molecule has 138 valence electrons. The molecular weight excluding hydrogens is 367 g/mol. The predicted octanol–water partition coefficient (Wildman–Crippen LogP) is 3.85. The van der Waals surface area contributed by atoms with Crippen molar-refractivity contribution in [1.82, 2.24) is 9.55 Å². The van der Waals surface area contributed by atoms with Crippen LogP contribution in [0.15, 0.2) is 52.4 Å². The van der Waals surface area contributed by atoms with Gasteiger partial charge in [-0.1, -0.05) is 23.9 Å².